The van der Waals surface area contributed by atoms with Gasteiger partial charge in [0.15, 0.2) is 6.04 Å². The van der Waals surface area contributed by atoms with Gasteiger partial charge in [-0.05, 0) is 5.56 Å². The SMILES string of the molecule is O=C(O)[C@H](c1ccccc1)N1C(=O)C=CC1=O. The van der Waals surface area contributed by atoms with Crippen molar-refractivity contribution in [3.05, 3.63) is 48.0 Å². The Labute approximate surface area is 97.0 Å². The van der Waals surface area contributed by atoms with Crippen LogP contribution in [0.5, 0.6) is 0 Å². The normalized spacial score (nSPS) is 16.4. The maximum absolute atomic E-state index is 11.5. The molecule has 2 rings (SSSR count). The molecule has 1 heterocycles. The number of hydrogen-bond donors (Lipinski definition) is 1. The van der Waals surface area contributed by atoms with Crippen LogP contribution < -0.4 is 0 Å². The number of rotatable bonds is 3. The molecule has 0 aromatic heterocycles. The molecule has 0 bridgehead atoms. The maximum atomic E-state index is 11.5. The Balaban J connectivity index is 2.41. The first-order valence-corrected chi connectivity index (χ1v) is 4.94. The van der Waals surface area contributed by atoms with E-state index in [1.807, 2.05) is 0 Å². The van der Waals surface area contributed by atoms with Gasteiger partial charge < -0.3 is 5.11 Å². The standard InChI is InChI=1S/C12H9NO4/c14-9-6-7-10(15)13(9)11(12(16)17)8-4-2-1-3-5-8/h1-7,11H,(H,16,17)/t11-/m0/s1. The lowest BCUT2D eigenvalue weighted by Crippen LogP contribution is -2.38. The van der Waals surface area contributed by atoms with Crippen molar-refractivity contribution in [2.75, 3.05) is 0 Å². The molecular formula is C12H9NO4. The van der Waals surface area contributed by atoms with E-state index < -0.39 is 23.8 Å². The zero-order chi connectivity index (χ0) is 12.4. The lowest BCUT2D eigenvalue weighted by Gasteiger charge is -2.22. The molecular weight excluding hydrogens is 222 g/mol. The van der Waals surface area contributed by atoms with E-state index in [4.69, 9.17) is 5.11 Å². The van der Waals surface area contributed by atoms with Crippen LogP contribution in [0, 0.1) is 0 Å². The van der Waals surface area contributed by atoms with E-state index in [1.165, 1.54) is 0 Å². The van der Waals surface area contributed by atoms with Crippen molar-refractivity contribution in [3.63, 3.8) is 0 Å². The molecule has 0 unspecified atom stereocenters. The summed E-state index contributed by atoms with van der Waals surface area (Å²) in [7, 11) is 0. The summed E-state index contributed by atoms with van der Waals surface area (Å²) < 4.78 is 0. The van der Waals surface area contributed by atoms with E-state index in [2.05, 4.69) is 0 Å². The van der Waals surface area contributed by atoms with Gasteiger partial charge in [0.2, 0.25) is 0 Å². The van der Waals surface area contributed by atoms with E-state index in [9.17, 15) is 14.4 Å². The van der Waals surface area contributed by atoms with Crippen LogP contribution >= 0.6 is 0 Å². The summed E-state index contributed by atoms with van der Waals surface area (Å²) >= 11 is 0. The van der Waals surface area contributed by atoms with Crippen molar-refractivity contribution in [1.29, 1.82) is 0 Å². The molecule has 1 atom stereocenters. The van der Waals surface area contributed by atoms with Gasteiger partial charge >= 0.3 is 5.97 Å². The Bertz CT molecular complexity index is 488. The number of carboxylic acid groups (broad SMARTS) is 1. The van der Waals surface area contributed by atoms with Crippen LogP contribution in [0.25, 0.3) is 0 Å². The lowest BCUT2D eigenvalue weighted by molar-refractivity contribution is -0.153. The Hall–Kier alpha value is -2.43. The van der Waals surface area contributed by atoms with E-state index in [1.54, 1.807) is 30.3 Å². The maximum Gasteiger partial charge on any atom is 0.331 e. The number of hydrogen-bond acceptors (Lipinski definition) is 3. The van der Waals surface area contributed by atoms with Gasteiger partial charge in [0.25, 0.3) is 11.8 Å². The highest BCUT2D eigenvalue weighted by Crippen LogP contribution is 2.24. The van der Waals surface area contributed by atoms with Crippen LogP contribution in [0.4, 0.5) is 0 Å². The molecule has 0 aliphatic carbocycles. The molecule has 86 valence electrons. The first kappa shape index (κ1) is 11.1. The number of imide groups is 1. The van der Waals surface area contributed by atoms with Crippen LogP contribution in [0.2, 0.25) is 0 Å². The zero-order valence-corrected chi connectivity index (χ0v) is 8.74. The number of carbonyl (C=O) groups excluding carboxylic acids is 2. The minimum absolute atomic E-state index is 0.394. The molecule has 5 heteroatoms. The van der Waals surface area contributed by atoms with Gasteiger partial charge in [0.1, 0.15) is 0 Å². The largest absolute Gasteiger partial charge is 0.479 e. The summed E-state index contributed by atoms with van der Waals surface area (Å²) in [6.07, 6.45) is 2.14. The molecule has 1 aromatic rings. The van der Waals surface area contributed by atoms with E-state index in [0.29, 0.717) is 5.56 Å². The highest BCUT2D eigenvalue weighted by molar-refractivity contribution is 6.14. The first-order valence-electron chi connectivity index (χ1n) is 4.94. The third-order valence-corrected chi connectivity index (χ3v) is 2.45. The van der Waals surface area contributed by atoms with Gasteiger partial charge in [-0.2, -0.15) is 0 Å². The molecule has 1 aromatic carbocycles. The van der Waals surface area contributed by atoms with Crippen molar-refractivity contribution in [3.8, 4) is 0 Å². The van der Waals surface area contributed by atoms with Crippen LogP contribution in [0.3, 0.4) is 0 Å². The number of nitrogens with zero attached hydrogens (tertiary/aromatic N) is 1. The Morgan fingerprint density at radius 2 is 1.59 bits per heavy atom. The van der Waals surface area contributed by atoms with E-state index in [-0.39, 0.29) is 0 Å². The van der Waals surface area contributed by atoms with Crippen LogP contribution in [0.15, 0.2) is 42.5 Å². The van der Waals surface area contributed by atoms with Gasteiger partial charge in [0.05, 0.1) is 0 Å². The molecule has 0 radical (unpaired) electrons. The average Bonchev–Trinajstić information content (AvgIpc) is 2.62. The average molecular weight is 231 g/mol. The highest BCUT2D eigenvalue weighted by atomic mass is 16.4. The second kappa shape index (κ2) is 4.21. The molecule has 0 fully saturated rings. The first-order chi connectivity index (χ1) is 8.11. The molecule has 5 nitrogen and oxygen atoms in total. The fourth-order valence-corrected chi connectivity index (χ4v) is 1.70. The monoisotopic (exact) mass is 231 g/mol. The summed E-state index contributed by atoms with van der Waals surface area (Å²) in [5, 5.41) is 9.15. The Morgan fingerprint density at radius 3 is 2.06 bits per heavy atom. The van der Waals surface area contributed by atoms with Crippen molar-refractivity contribution >= 4 is 17.8 Å². The fraction of sp³-hybridized carbons (Fsp3) is 0.0833. The lowest BCUT2D eigenvalue weighted by atomic mass is 10.1. The van der Waals surface area contributed by atoms with Gasteiger partial charge in [-0.3, -0.25) is 14.5 Å². The number of aliphatic carboxylic acids is 1. The topological polar surface area (TPSA) is 74.7 Å². The minimum Gasteiger partial charge on any atom is -0.479 e. The molecule has 1 aliphatic rings. The zero-order valence-electron chi connectivity index (χ0n) is 8.74. The summed E-state index contributed by atoms with van der Waals surface area (Å²) in [5.41, 5.74) is 0.394. The van der Waals surface area contributed by atoms with Crippen molar-refractivity contribution in [1.82, 2.24) is 4.90 Å². The number of carbonyl (C=O) groups is 3. The van der Waals surface area contributed by atoms with E-state index in [0.717, 1.165) is 17.1 Å². The molecule has 17 heavy (non-hydrogen) atoms. The predicted octanol–water partition coefficient (Wildman–Crippen LogP) is 0.737. The van der Waals surface area contributed by atoms with Gasteiger partial charge in [0, 0.05) is 12.2 Å². The highest BCUT2D eigenvalue weighted by Gasteiger charge is 2.36. The quantitative estimate of drug-likeness (QED) is 0.778. The summed E-state index contributed by atoms with van der Waals surface area (Å²) in [5.74, 6) is -2.45. The summed E-state index contributed by atoms with van der Waals surface area (Å²) in [4.78, 5) is 34.9. The van der Waals surface area contributed by atoms with Crippen LogP contribution in [-0.2, 0) is 14.4 Å². The molecule has 0 saturated heterocycles. The van der Waals surface area contributed by atoms with Gasteiger partial charge in [-0.25, -0.2) is 4.79 Å². The summed E-state index contributed by atoms with van der Waals surface area (Å²) in [6, 6.07) is 6.91. The number of carboxylic acids is 1. The molecule has 0 saturated carbocycles. The van der Waals surface area contributed by atoms with Crippen molar-refractivity contribution in [2.24, 2.45) is 0 Å². The van der Waals surface area contributed by atoms with Crippen LogP contribution in [-0.4, -0.2) is 27.8 Å². The fourth-order valence-electron chi connectivity index (χ4n) is 1.70. The minimum atomic E-state index is -1.27. The molecule has 1 N–H and O–H groups in total. The third-order valence-electron chi connectivity index (χ3n) is 2.45. The molecule has 1 aliphatic heterocycles. The van der Waals surface area contributed by atoms with E-state index >= 15 is 0 Å². The summed E-state index contributed by atoms with van der Waals surface area (Å²) in [6.45, 7) is 0. The Morgan fingerprint density at radius 1 is 1.06 bits per heavy atom. The van der Waals surface area contributed by atoms with Crippen molar-refractivity contribution in [2.45, 2.75) is 6.04 Å². The third kappa shape index (κ3) is 1.94. The smallest absolute Gasteiger partial charge is 0.331 e. The number of benzene rings is 1. The molecule has 2 amide bonds. The van der Waals surface area contributed by atoms with Gasteiger partial charge in [-0.1, -0.05) is 30.3 Å². The van der Waals surface area contributed by atoms with Crippen molar-refractivity contribution < 1.29 is 19.5 Å². The van der Waals surface area contributed by atoms with Crippen LogP contribution in [0.1, 0.15) is 11.6 Å². The van der Waals surface area contributed by atoms with Gasteiger partial charge in [-0.15, -0.1) is 0 Å². The molecule has 0 spiro atoms. The number of amides is 2. The second-order valence-corrected chi connectivity index (χ2v) is 3.53. The predicted molar refractivity (Wildman–Crippen MR) is 57.8 cm³/mol. The Kier molecular flexibility index (Phi) is 2.74. The second-order valence-electron chi connectivity index (χ2n) is 3.53.